The van der Waals surface area contributed by atoms with Crippen LogP contribution in [0.25, 0.3) is 17.0 Å². The molecule has 0 unspecified atom stereocenters. The third-order valence-electron chi connectivity index (χ3n) is 6.19. The number of likely N-dealkylation sites (N-methyl/N-ethyl adjacent to an activating group) is 1. The highest BCUT2D eigenvalue weighted by Crippen LogP contribution is 2.32. The lowest BCUT2D eigenvalue weighted by molar-refractivity contribution is -0.121. The Labute approximate surface area is 233 Å². The predicted molar refractivity (Wildman–Crippen MR) is 154 cm³/mol. The fourth-order valence-electron chi connectivity index (χ4n) is 4.34. The molecule has 1 saturated heterocycles. The molecule has 0 spiro atoms. The SMILES string of the molecule is CCOc1ccc(N2C(=O)/C(=C/c3cn(CC(=O)NCc4ccco4)c4ccc(Br)cc34)N(C)C2=S)cc1. The number of fused-ring (bicyclic) bond motifs is 1. The Morgan fingerprint density at radius 3 is 2.68 bits per heavy atom. The fraction of sp³-hybridized carbons (Fsp3) is 0.179. The zero-order valence-electron chi connectivity index (χ0n) is 20.8. The van der Waals surface area contributed by atoms with Crippen molar-refractivity contribution in [3.8, 4) is 5.75 Å². The van der Waals surface area contributed by atoms with Crippen molar-refractivity contribution in [2.45, 2.75) is 20.0 Å². The zero-order chi connectivity index (χ0) is 26.8. The molecule has 1 aliphatic heterocycles. The third-order valence-corrected chi connectivity index (χ3v) is 7.14. The highest BCUT2D eigenvalue weighted by Gasteiger charge is 2.37. The molecule has 0 bridgehead atoms. The van der Waals surface area contributed by atoms with Crippen molar-refractivity contribution in [3.63, 3.8) is 0 Å². The van der Waals surface area contributed by atoms with Crippen LogP contribution in [-0.2, 0) is 22.7 Å². The molecule has 2 amide bonds. The molecule has 194 valence electrons. The van der Waals surface area contributed by atoms with Gasteiger partial charge in [-0.25, -0.2) is 0 Å². The molecule has 0 aliphatic carbocycles. The number of carbonyl (C=O) groups excluding carboxylic acids is 2. The number of rotatable bonds is 8. The second-order valence-corrected chi connectivity index (χ2v) is 9.95. The number of anilines is 1. The summed E-state index contributed by atoms with van der Waals surface area (Å²) in [5.41, 5.74) is 2.77. The van der Waals surface area contributed by atoms with Gasteiger partial charge in [-0.1, -0.05) is 15.9 Å². The number of carbonyl (C=O) groups is 2. The quantitative estimate of drug-likeness (QED) is 0.220. The number of nitrogens with one attached hydrogen (secondary N) is 1. The first-order valence-electron chi connectivity index (χ1n) is 12.0. The molecule has 1 fully saturated rings. The molecule has 2 aromatic heterocycles. The van der Waals surface area contributed by atoms with Gasteiger partial charge in [0.15, 0.2) is 5.11 Å². The maximum absolute atomic E-state index is 13.5. The maximum Gasteiger partial charge on any atom is 0.281 e. The molecule has 0 radical (unpaired) electrons. The molecule has 1 N–H and O–H groups in total. The highest BCUT2D eigenvalue weighted by atomic mass is 79.9. The summed E-state index contributed by atoms with van der Waals surface area (Å²) in [6, 6.07) is 16.7. The standard InChI is InChI=1S/C28H25BrN4O4S/c1-3-36-21-9-7-20(8-10-21)33-27(35)25(31(2)28(33)38)13-18-16-32(24-11-6-19(29)14-23(18)24)17-26(34)30-15-22-5-4-12-37-22/h4-14,16H,3,15,17H2,1-2H3,(H,30,34)/b25-13-. The summed E-state index contributed by atoms with van der Waals surface area (Å²) in [6.07, 6.45) is 5.26. The summed E-state index contributed by atoms with van der Waals surface area (Å²) in [5, 5.41) is 4.16. The average molecular weight is 594 g/mol. The monoisotopic (exact) mass is 592 g/mol. The Kier molecular flexibility index (Phi) is 7.35. The number of hydrogen-bond donors (Lipinski definition) is 1. The van der Waals surface area contributed by atoms with Crippen LogP contribution in [0, 0.1) is 0 Å². The minimum Gasteiger partial charge on any atom is -0.494 e. The Hall–Kier alpha value is -3.89. The molecule has 5 rings (SSSR count). The van der Waals surface area contributed by atoms with Gasteiger partial charge in [0.05, 0.1) is 25.1 Å². The summed E-state index contributed by atoms with van der Waals surface area (Å²) in [6.45, 7) is 2.90. The van der Waals surface area contributed by atoms with E-state index in [1.54, 1.807) is 24.3 Å². The third kappa shape index (κ3) is 5.09. The maximum atomic E-state index is 13.5. The van der Waals surface area contributed by atoms with Gasteiger partial charge in [0.2, 0.25) is 5.91 Å². The van der Waals surface area contributed by atoms with Crippen LogP contribution in [0.5, 0.6) is 5.75 Å². The first kappa shape index (κ1) is 25.7. The molecule has 3 heterocycles. The Bertz CT molecular complexity index is 1540. The number of amides is 2. The number of benzene rings is 2. The van der Waals surface area contributed by atoms with Crippen LogP contribution in [0.15, 0.2) is 81.6 Å². The van der Waals surface area contributed by atoms with E-state index in [9.17, 15) is 9.59 Å². The normalized spacial score (nSPS) is 14.7. The summed E-state index contributed by atoms with van der Waals surface area (Å²) < 4.78 is 13.6. The van der Waals surface area contributed by atoms with Gasteiger partial charge in [0.1, 0.15) is 23.8 Å². The van der Waals surface area contributed by atoms with Crippen LogP contribution >= 0.6 is 28.1 Å². The van der Waals surface area contributed by atoms with Gasteiger partial charge in [-0.15, -0.1) is 0 Å². The van der Waals surface area contributed by atoms with Gasteiger partial charge in [-0.05, 0) is 79.8 Å². The molecular weight excluding hydrogens is 568 g/mol. The topological polar surface area (TPSA) is 80.0 Å². The zero-order valence-corrected chi connectivity index (χ0v) is 23.2. The molecule has 38 heavy (non-hydrogen) atoms. The minimum absolute atomic E-state index is 0.114. The Morgan fingerprint density at radius 2 is 1.97 bits per heavy atom. The first-order chi connectivity index (χ1) is 18.4. The largest absolute Gasteiger partial charge is 0.494 e. The van der Waals surface area contributed by atoms with Crippen molar-refractivity contribution in [1.29, 1.82) is 0 Å². The highest BCUT2D eigenvalue weighted by molar-refractivity contribution is 9.10. The van der Waals surface area contributed by atoms with Crippen LogP contribution in [-0.4, -0.2) is 40.0 Å². The lowest BCUT2D eigenvalue weighted by Crippen LogP contribution is -2.31. The summed E-state index contributed by atoms with van der Waals surface area (Å²) in [5.74, 6) is 1.02. The minimum atomic E-state index is -0.228. The second-order valence-electron chi connectivity index (χ2n) is 8.67. The van der Waals surface area contributed by atoms with Gasteiger partial charge in [0.25, 0.3) is 5.91 Å². The van der Waals surface area contributed by atoms with Crippen molar-refractivity contribution < 1.29 is 18.7 Å². The molecule has 4 aromatic rings. The van der Waals surface area contributed by atoms with Crippen LogP contribution in [0.2, 0.25) is 0 Å². The van der Waals surface area contributed by atoms with E-state index in [2.05, 4.69) is 21.2 Å². The predicted octanol–water partition coefficient (Wildman–Crippen LogP) is 5.32. The lowest BCUT2D eigenvalue weighted by atomic mass is 10.1. The fourth-order valence-corrected chi connectivity index (χ4v) is 4.99. The van der Waals surface area contributed by atoms with E-state index in [0.29, 0.717) is 35.4 Å². The van der Waals surface area contributed by atoms with E-state index >= 15 is 0 Å². The number of furan rings is 1. The van der Waals surface area contributed by atoms with Crippen molar-refractivity contribution in [2.75, 3.05) is 18.6 Å². The van der Waals surface area contributed by atoms with E-state index in [1.807, 2.05) is 72.3 Å². The van der Waals surface area contributed by atoms with E-state index in [-0.39, 0.29) is 18.4 Å². The number of aromatic nitrogens is 1. The lowest BCUT2D eigenvalue weighted by Gasteiger charge is -2.16. The summed E-state index contributed by atoms with van der Waals surface area (Å²) >= 11 is 9.17. The Balaban J connectivity index is 1.44. The van der Waals surface area contributed by atoms with Crippen molar-refractivity contribution >= 4 is 67.7 Å². The molecule has 2 aromatic carbocycles. The van der Waals surface area contributed by atoms with E-state index in [1.165, 1.54) is 4.90 Å². The molecule has 8 nitrogen and oxygen atoms in total. The molecule has 1 aliphatic rings. The second kappa shape index (κ2) is 10.8. The van der Waals surface area contributed by atoms with Gasteiger partial charge >= 0.3 is 0 Å². The number of thiocarbonyl (C=S) groups is 1. The molecule has 0 saturated carbocycles. The van der Waals surface area contributed by atoms with Gasteiger partial charge < -0.3 is 23.9 Å². The van der Waals surface area contributed by atoms with E-state index < -0.39 is 0 Å². The number of nitrogens with zero attached hydrogens (tertiary/aromatic N) is 3. The van der Waals surface area contributed by atoms with E-state index in [4.69, 9.17) is 21.4 Å². The van der Waals surface area contributed by atoms with Crippen molar-refractivity contribution in [3.05, 3.63) is 88.6 Å². The smallest absolute Gasteiger partial charge is 0.281 e. The van der Waals surface area contributed by atoms with Gasteiger partial charge in [-0.3, -0.25) is 14.5 Å². The first-order valence-corrected chi connectivity index (χ1v) is 13.2. The molecular formula is C28H25BrN4O4S. The molecule has 0 atom stereocenters. The van der Waals surface area contributed by atoms with Crippen LogP contribution < -0.4 is 15.0 Å². The summed E-state index contributed by atoms with van der Waals surface area (Å²) in [4.78, 5) is 29.4. The van der Waals surface area contributed by atoms with Crippen LogP contribution in [0.4, 0.5) is 5.69 Å². The van der Waals surface area contributed by atoms with Crippen LogP contribution in [0.1, 0.15) is 18.2 Å². The van der Waals surface area contributed by atoms with E-state index in [0.717, 1.165) is 26.7 Å². The number of halogens is 1. The van der Waals surface area contributed by atoms with Crippen LogP contribution in [0.3, 0.4) is 0 Å². The average Bonchev–Trinajstić information content (AvgIpc) is 3.59. The van der Waals surface area contributed by atoms with Gasteiger partial charge in [0, 0.05) is 34.2 Å². The van der Waals surface area contributed by atoms with Crippen molar-refractivity contribution in [1.82, 2.24) is 14.8 Å². The van der Waals surface area contributed by atoms with Gasteiger partial charge in [-0.2, -0.15) is 0 Å². The number of ether oxygens (including phenoxy) is 1. The molecule has 10 heteroatoms. The Morgan fingerprint density at radius 1 is 1.18 bits per heavy atom. The van der Waals surface area contributed by atoms with Crippen molar-refractivity contribution in [2.24, 2.45) is 0 Å². The summed E-state index contributed by atoms with van der Waals surface area (Å²) in [7, 11) is 1.78. The number of hydrogen-bond acceptors (Lipinski definition) is 5.